The van der Waals surface area contributed by atoms with E-state index in [0.717, 1.165) is 19.4 Å². The molecule has 3 aliphatic rings. The molecule has 3 rings (SSSR count). The van der Waals surface area contributed by atoms with Gasteiger partial charge in [0, 0.05) is 25.8 Å². The van der Waals surface area contributed by atoms with Crippen LogP contribution in [0.4, 0.5) is 0 Å². The first-order chi connectivity index (χ1) is 10.2. The zero-order valence-corrected chi connectivity index (χ0v) is 13.7. The van der Waals surface area contributed by atoms with E-state index in [1.54, 1.807) is 7.11 Å². The molecule has 0 aromatic heterocycles. The summed E-state index contributed by atoms with van der Waals surface area (Å²) in [5.74, 6) is -0.0989. The Kier molecular flexibility index (Phi) is 5.12. The molecule has 0 N–H and O–H groups in total. The van der Waals surface area contributed by atoms with E-state index in [1.165, 1.54) is 32.1 Å². The van der Waals surface area contributed by atoms with Crippen LogP contribution >= 0.6 is 11.6 Å². The molecule has 0 aromatic carbocycles. The van der Waals surface area contributed by atoms with Crippen molar-refractivity contribution in [2.45, 2.75) is 69.0 Å². The number of hydrogen-bond acceptors (Lipinski definition) is 4. The smallest absolute Gasteiger partial charge is 0.199 e. The highest BCUT2D eigenvalue weighted by Crippen LogP contribution is 2.47. The van der Waals surface area contributed by atoms with Gasteiger partial charge in [-0.3, -0.25) is 0 Å². The number of hydrogen-bond donors (Lipinski definition) is 0. The Bertz CT molecular complexity index is 347. The SMILES string of the molecule is CO[C@@H]1CC[C@]2(OCC3CCCCC3)COC1(CCCl)O2. The molecule has 2 saturated heterocycles. The van der Waals surface area contributed by atoms with Gasteiger partial charge in [0.25, 0.3) is 0 Å². The normalized spacial score (nSPS) is 40.6. The summed E-state index contributed by atoms with van der Waals surface area (Å²) in [6.07, 6.45) is 8.93. The molecule has 4 nitrogen and oxygen atoms in total. The van der Waals surface area contributed by atoms with Crippen molar-refractivity contribution in [3.63, 3.8) is 0 Å². The second-order valence-electron chi connectivity index (χ2n) is 6.63. The molecule has 21 heavy (non-hydrogen) atoms. The van der Waals surface area contributed by atoms with Gasteiger partial charge in [0.2, 0.25) is 0 Å². The van der Waals surface area contributed by atoms with Gasteiger partial charge >= 0.3 is 0 Å². The second-order valence-corrected chi connectivity index (χ2v) is 7.01. The van der Waals surface area contributed by atoms with Crippen LogP contribution < -0.4 is 0 Å². The van der Waals surface area contributed by atoms with Crippen molar-refractivity contribution in [1.29, 1.82) is 0 Å². The third-order valence-corrected chi connectivity index (χ3v) is 5.40. The molecule has 3 fully saturated rings. The highest BCUT2D eigenvalue weighted by molar-refractivity contribution is 6.17. The first-order valence-corrected chi connectivity index (χ1v) is 8.82. The molecule has 1 unspecified atom stereocenters. The lowest BCUT2D eigenvalue weighted by Gasteiger charge is -2.42. The maximum atomic E-state index is 6.25. The van der Waals surface area contributed by atoms with Gasteiger partial charge in [-0.25, -0.2) is 0 Å². The maximum Gasteiger partial charge on any atom is 0.199 e. The Morgan fingerprint density at radius 2 is 2.00 bits per heavy atom. The quantitative estimate of drug-likeness (QED) is 0.703. The molecule has 122 valence electrons. The molecule has 3 atom stereocenters. The van der Waals surface area contributed by atoms with Gasteiger partial charge in [-0.15, -0.1) is 11.6 Å². The number of fused-ring (bicyclic) bond motifs is 2. The van der Waals surface area contributed by atoms with Gasteiger partial charge in [-0.2, -0.15) is 0 Å². The van der Waals surface area contributed by atoms with Crippen LogP contribution in [0.1, 0.15) is 51.4 Å². The van der Waals surface area contributed by atoms with E-state index in [1.807, 2.05) is 0 Å². The van der Waals surface area contributed by atoms with Crippen molar-refractivity contribution in [3.8, 4) is 0 Å². The lowest BCUT2D eigenvalue weighted by Crippen LogP contribution is -2.52. The Morgan fingerprint density at radius 3 is 2.71 bits per heavy atom. The zero-order chi connectivity index (χ0) is 14.8. The molecule has 0 amide bonds. The van der Waals surface area contributed by atoms with Crippen LogP contribution in [0.3, 0.4) is 0 Å². The molecule has 2 bridgehead atoms. The van der Waals surface area contributed by atoms with E-state index in [9.17, 15) is 0 Å². The van der Waals surface area contributed by atoms with Crippen LogP contribution in [0.2, 0.25) is 0 Å². The largest absolute Gasteiger partial charge is 0.376 e. The molecule has 0 spiro atoms. The number of rotatable bonds is 6. The Labute approximate surface area is 132 Å². The van der Waals surface area contributed by atoms with Crippen molar-refractivity contribution in [2.75, 3.05) is 26.2 Å². The van der Waals surface area contributed by atoms with Crippen LogP contribution in [0.15, 0.2) is 0 Å². The molecular weight excluding hydrogens is 292 g/mol. The van der Waals surface area contributed by atoms with E-state index < -0.39 is 11.6 Å². The first-order valence-electron chi connectivity index (χ1n) is 8.29. The summed E-state index contributed by atoms with van der Waals surface area (Å²) in [6.45, 7) is 1.29. The molecule has 1 aliphatic carbocycles. The van der Waals surface area contributed by atoms with Crippen LogP contribution in [0, 0.1) is 5.92 Å². The lowest BCUT2D eigenvalue weighted by molar-refractivity contribution is -0.326. The summed E-state index contributed by atoms with van der Waals surface area (Å²) in [4.78, 5) is 0. The third-order valence-electron chi connectivity index (χ3n) is 5.21. The molecule has 2 heterocycles. The van der Waals surface area contributed by atoms with Crippen molar-refractivity contribution in [3.05, 3.63) is 0 Å². The minimum absolute atomic E-state index is 0.0508. The fourth-order valence-corrected chi connectivity index (χ4v) is 4.20. The Hall–Kier alpha value is 0.130. The standard InChI is InChI=1S/C16H27ClO4/c1-18-14-7-8-15(12-20-16(14,21-15)9-10-17)19-11-13-5-3-2-4-6-13/h13-14H,2-12H2,1H3/t14-,15-,16?/m1/s1. The average molecular weight is 319 g/mol. The predicted octanol–water partition coefficient (Wildman–Crippen LogP) is 3.46. The second kappa shape index (κ2) is 6.71. The van der Waals surface area contributed by atoms with Gasteiger partial charge in [0.05, 0.1) is 6.61 Å². The summed E-state index contributed by atoms with van der Waals surface area (Å²) < 4.78 is 24.0. The third kappa shape index (κ3) is 3.25. The van der Waals surface area contributed by atoms with E-state index in [0.29, 0.717) is 24.8 Å². The topological polar surface area (TPSA) is 36.9 Å². The molecule has 1 saturated carbocycles. The van der Waals surface area contributed by atoms with Gasteiger partial charge in [-0.05, 0) is 25.2 Å². The van der Waals surface area contributed by atoms with Crippen LogP contribution in [-0.4, -0.2) is 43.9 Å². The van der Waals surface area contributed by atoms with E-state index in [-0.39, 0.29) is 6.10 Å². The number of halogens is 1. The summed E-state index contributed by atoms with van der Waals surface area (Å²) in [7, 11) is 1.71. The van der Waals surface area contributed by atoms with E-state index >= 15 is 0 Å². The van der Waals surface area contributed by atoms with Crippen LogP contribution in [0.25, 0.3) is 0 Å². The molecule has 2 aliphatic heterocycles. The van der Waals surface area contributed by atoms with Gasteiger partial charge in [0.1, 0.15) is 12.7 Å². The molecule has 5 heteroatoms. The summed E-state index contributed by atoms with van der Waals surface area (Å²) in [5, 5.41) is 0. The Morgan fingerprint density at radius 1 is 1.19 bits per heavy atom. The Balaban J connectivity index is 1.60. The van der Waals surface area contributed by atoms with Crippen LogP contribution in [-0.2, 0) is 18.9 Å². The van der Waals surface area contributed by atoms with E-state index in [2.05, 4.69) is 0 Å². The summed E-state index contributed by atoms with van der Waals surface area (Å²) in [5.41, 5.74) is 0. The van der Waals surface area contributed by atoms with Gasteiger partial charge in [0.15, 0.2) is 11.6 Å². The maximum absolute atomic E-state index is 6.25. The van der Waals surface area contributed by atoms with Crippen molar-refractivity contribution < 1.29 is 18.9 Å². The minimum atomic E-state index is -0.707. The highest BCUT2D eigenvalue weighted by atomic mass is 35.5. The highest BCUT2D eigenvalue weighted by Gasteiger charge is 2.59. The van der Waals surface area contributed by atoms with Crippen LogP contribution in [0.5, 0.6) is 0 Å². The monoisotopic (exact) mass is 318 g/mol. The average Bonchev–Trinajstić information content (AvgIpc) is 2.81. The number of ether oxygens (including phenoxy) is 4. The zero-order valence-electron chi connectivity index (χ0n) is 12.9. The minimum Gasteiger partial charge on any atom is -0.376 e. The molecule has 0 radical (unpaired) electrons. The summed E-state index contributed by atoms with van der Waals surface area (Å²) >= 11 is 5.93. The summed E-state index contributed by atoms with van der Waals surface area (Å²) in [6, 6.07) is 0. The molecular formula is C16H27ClO4. The van der Waals surface area contributed by atoms with Crippen molar-refractivity contribution >= 4 is 11.6 Å². The number of methoxy groups -OCH3 is 1. The lowest BCUT2D eigenvalue weighted by atomic mass is 9.90. The predicted molar refractivity (Wildman–Crippen MR) is 80.4 cm³/mol. The number of alkyl halides is 1. The fraction of sp³-hybridized carbons (Fsp3) is 1.00. The van der Waals surface area contributed by atoms with Gasteiger partial charge in [-0.1, -0.05) is 19.3 Å². The fourth-order valence-electron chi connectivity index (χ4n) is 3.94. The van der Waals surface area contributed by atoms with Crippen molar-refractivity contribution in [1.82, 2.24) is 0 Å². The molecule has 0 aromatic rings. The van der Waals surface area contributed by atoms with Crippen molar-refractivity contribution in [2.24, 2.45) is 5.92 Å². The van der Waals surface area contributed by atoms with Gasteiger partial charge < -0.3 is 18.9 Å². The van der Waals surface area contributed by atoms with E-state index in [4.69, 9.17) is 30.5 Å². The first kappa shape index (κ1) is 16.0.